The highest BCUT2D eigenvalue weighted by Crippen LogP contribution is 2.36. The van der Waals surface area contributed by atoms with Crippen molar-refractivity contribution in [3.63, 3.8) is 0 Å². The Labute approximate surface area is 570 Å². The second-order valence-corrected chi connectivity index (χ2v) is 24.3. The molecule has 0 N–H and O–H groups in total. The molecule has 0 atom stereocenters. The number of aromatic nitrogens is 11. The highest BCUT2D eigenvalue weighted by atomic mass is 15.1. The average Bonchev–Trinajstić information content (AvgIpc) is 0.768. The van der Waals surface area contributed by atoms with Crippen LogP contribution in [0.2, 0.25) is 0 Å². The highest BCUT2D eigenvalue weighted by molar-refractivity contribution is 5.99. The monoisotopic (exact) mass is 1270 g/mol. The molecule has 11 heteroatoms. The van der Waals surface area contributed by atoms with E-state index >= 15 is 0 Å². The van der Waals surface area contributed by atoms with Gasteiger partial charge in [0.15, 0.2) is 52.4 Å². The van der Waals surface area contributed by atoms with Crippen LogP contribution in [0.15, 0.2) is 298 Å². The minimum absolute atomic E-state index is 0.599. The number of fused-ring (bicyclic) bond motifs is 2. The van der Waals surface area contributed by atoms with Crippen molar-refractivity contribution in [1.82, 2.24) is 54.8 Å². The summed E-state index contributed by atoms with van der Waals surface area (Å²) in [7, 11) is 0. The summed E-state index contributed by atoms with van der Waals surface area (Å²) in [5, 5.41) is 4.63. The largest absolute Gasteiger partial charge is 0.255 e. The zero-order valence-corrected chi connectivity index (χ0v) is 55.2. The van der Waals surface area contributed by atoms with E-state index in [-0.39, 0.29) is 0 Å². The molecule has 0 saturated heterocycles. The fourth-order valence-corrected chi connectivity index (χ4v) is 11.6. The minimum atomic E-state index is 0.599. The normalized spacial score (nSPS) is 11.0. The SMILES string of the molecule is Cc1ccc(-c2nc(-c3ccc(-c4ccccc4)nc3)nc(-c3ccc(C)c4ccccc34)n2)c2ccccc12.Cc1ccc(-c2nc(-c3ccc(C)cc3)nc(-c3ccc(-c4ccccc4)nc3)n2)cc1.Cc1ccc(-c2nc(-c3ccccc3)nc(-c3ccc(C)cc3)n2)cc1. The van der Waals surface area contributed by atoms with Crippen LogP contribution >= 0.6 is 0 Å². The van der Waals surface area contributed by atoms with Crippen molar-refractivity contribution >= 4 is 21.5 Å². The Bertz CT molecular complexity index is 5210. The lowest BCUT2D eigenvalue weighted by atomic mass is 9.99. The van der Waals surface area contributed by atoms with Crippen molar-refractivity contribution in [2.75, 3.05) is 0 Å². The summed E-state index contributed by atoms with van der Waals surface area (Å²) in [4.78, 5) is 53.1. The highest BCUT2D eigenvalue weighted by Gasteiger charge is 2.19. The predicted molar refractivity (Wildman–Crippen MR) is 398 cm³/mol. The third-order valence-corrected chi connectivity index (χ3v) is 17.1. The van der Waals surface area contributed by atoms with Crippen molar-refractivity contribution in [1.29, 1.82) is 0 Å². The van der Waals surface area contributed by atoms with E-state index in [0.29, 0.717) is 52.4 Å². The minimum Gasteiger partial charge on any atom is -0.255 e. The number of pyridine rings is 2. The quantitative estimate of drug-likeness (QED) is 0.122. The lowest BCUT2D eigenvalue weighted by molar-refractivity contribution is 1.07. The maximum Gasteiger partial charge on any atom is 0.165 e. The molecule has 0 saturated carbocycles. The molecule has 0 fully saturated rings. The first-order valence-corrected chi connectivity index (χ1v) is 32.6. The van der Waals surface area contributed by atoms with Gasteiger partial charge in [-0.1, -0.05) is 283 Å². The molecule has 5 heterocycles. The van der Waals surface area contributed by atoms with E-state index in [1.54, 1.807) is 0 Å². The molecule has 5 aromatic heterocycles. The van der Waals surface area contributed by atoms with Crippen LogP contribution in [-0.2, 0) is 0 Å². The average molecular weight is 1270 g/mol. The summed E-state index contributed by atoms with van der Waals surface area (Å²) in [6.45, 7) is 12.6. The molecule has 0 aliphatic carbocycles. The first-order chi connectivity index (χ1) is 48.0. The van der Waals surface area contributed by atoms with Gasteiger partial charge < -0.3 is 0 Å². The fourth-order valence-electron chi connectivity index (χ4n) is 11.6. The van der Waals surface area contributed by atoms with Gasteiger partial charge in [-0.15, -0.1) is 0 Å². The molecule has 0 amide bonds. The third-order valence-electron chi connectivity index (χ3n) is 17.1. The van der Waals surface area contributed by atoms with Gasteiger partial charge >= 0.3 is 0 Å². The summed E-state index contributed by atoms with van der Waals surface area (Å²) in [6.07, 6.45) is 3.68. The molecule has 0 radical (unpaired) electrons. The van der Waals surface area contributed by atoms with E-state index < -0.39 is 0 Å². The van der Waals surface area contributed by atoms with Crippen molar-refractivity contribution in [2.24, 2.45) is 0 Å². The number of rotatable bonds is 11. The molecule has 0 aliphatic heterocycles. The van der Waals surface area contributed by atoms with Gasteiger partial charge in [0.1, 0.15) is 0 Å². The molecule has 470 valence electrons. The lowest BCUT2D eigenvalue weighted by Crippen LogP contribution is -2.01. The summed E-state index contributed by atoms with van der Waals surface area (Å²) in [5.41, 5.74) is 19.8. The molecular formula is C87H67N11. The van der Waals surface area contributed by atoms with Crippen LogP contribution in [0.5, 0.6) is 0 Å². The zero-order valence-electron chi connectivity index (χ0n) is 55.2. The van der Waals surface area contributed by atoms with Crippen LogP contribution in [-0.4, -0.2) is 54.8 Å². The Morgan fingerprint density at radius 3 is 0.704 bits per heavy atom. The second-order valence-electron chi connectivity index (χ2n) is 24.3. The maximum atomic E-state index is 5.08. The molecule has 0 unspecified atom stereocenters. The van der Waals surface area contributed by atoms with E-state index in [2.05, 4.69) is 216 Å². The van der Waals surface area contributed by atoms with Crippen LogP contribution in [0, 0.1) is 41.5 Å². The Balaban J connectivity index is 0.000000129. The van der Waals surface area contributed by atoms with Crippen LogP contribution in [0.25, 0.3) is 147 Å². The zero-order chi connectivity index (χ0) is 66.9. The topological polar surface area (TPSA) is 142 Å². The third kappa shape index (κ3) is 14.2. The molecule has 0 bridgehead atoms. The summed E-state index contributed by atoms with van der Waals surface area (Å²) < 4.78 is 0. The molecule has 11 nitrogen and oxygen atoms in total. The molecular weight excluding hydrogens is 1200 g/mol. The molecule has 16 aromatic rings. The van der Waals surface area contributed by atoms with Gasteiger partial charge in [0.2, 0.25) is 0 Å². The van der Waals surface area contributed by atoms with Gasteiger partial charge in [0.25, 0.3) is 0 Å². The summed E-state index contributed by atoms with van der Waals surface area (Å²) in [6, 6.07) is 96.8. The molecule has 16 rings (SSSR count). The van der Waals surface area contributed by atoms with Crippen molar-refractivity contribution in [3.8, 4) is 125 Å². The first kappa shape index (κ1) is 62.7. The standard InChI is InChI=1S/C36H26N4.C28H22N4.C23H19N3/c1-23-16-19-31(29-14-8-6-12-27(23)29)35-38-34(26-18-21-33(37-22-26)25-10-4-3-5-11-25)39-36(40-35)32-20-17-24(2)28-13-7-9-15-30(28)32;1-19-8-12-22(13-9-19)26-30-27(23-14-10-20(2)11-15-23)32-28(31-26)24-16-17-25(29-18-24)21-6-4-3-5-7-21;1-16-8-12-19(13-9-16)22-24-21(18-6-4-3-5-7-18)25-23(26-22)20-14-10-17(2)11-15-20/h3-22H,1-2H3;3-18H,1-2H3;3-15H,1-2H3. The molecule has 98 heavy (non-hydrogen) atoms. The van der Waals surface area contributed by atoms with Crippen molar-refractivity contribution in [3.05, 3.63) is 331 Å². The van der Waals surface area contributed by atoms with E-state index in [1.165, 1.54) is 44.2 Å². The maximum absolute atomic E-state index is 5.08. The van der Waals surface area contributed by atoms with E-state index in [0.717, 1.165) is 83.4 Å². The molecule has 11 aromatic carbocycles. The molecule has 0 aliphatic rings. The van der Waals surface area contributed by atoms with Crippen LogP contribution in [0.4, 0.5) is 0 Å². The van der Waals surface area contributed by atoms with Crippen LogP contribution in [0.1, 0.15) is 33.4 Å². The van der Waals surface area contributed by atoms with E-state index in [9.17, 15) is 0 Å². The van der Waals surface area contributed by atoms with E-state index in [1.807, 2.05) is 128 Å². The van der Waals surface area contributed by atoms with Crippen molar-refractivity contribution < 1.29 is 0 Å². The predicted octanol–water partition coefficient (Wildman–Crippen LogP) is 20.9. The number of hydrogen-bond acceptors (Lipinski definition) is 11. The number of nitrogens with zero attached hydrogens (tertiary/aromatic N) is 11. The van der Waals surface area contributed by atoms with Gasteiger partial charge in [-0.3, -0.25) is 9.97 Å². The Kier molecular flexibility index (Phi) is 18.2. The Morgan fingerprint density at radius 1 is 0.173 bits per heavy atom. The van der Waals surface area contributed by atoms with Crippen molar-refractivity contribution in [2.45, 2.75) is 41.5 Å². The number of hydrogen-bond donors (Lipinski definition) is 0. The summed E-state index contributed by atoms with van der Waals surface area (Å²) in [5.74, 6) is 5.87. The van der Waals surface area contributed by atoms with Gasteiger partial charge in [0, 0.05) is 73.6 Å². The van der Waals surface area contributed by atoms with Gasteiger partial charge in [-0.05, 0) is 98.5 Å². The number of aryl methyl sites for hydroxylation is 6. The van der Waals surface area contributed by atoms with Crippen LogP contribution in [0.3, 0.4) is 0 Å². The Hall–Kier alpha value is -12.7. The van der Waals surface area contributed by atoms with Crippen LogP contribution < -0.4 is 0 Å². The lowest BCUT2D eigenvalue weighted by Gasteiger charge is -2.13. The first-order valence-electron chi connectivity index (χ1n) is 32.6. The molecule has 0 spiro atoms. The van der Waals surface area contributed by atoms with Gasteiger partial charge in [-0.25, -0.2) is 44.9 Å². The number of benzene rings is 11. The fraction of sp³-hybridized carbons (Fsp3) is 0.0690. The smallest absolute Gasteiger partial charge is 0.165 e. The summed E-state index contributed by atoms with van der Waals surface area (Å²) >= 11 is 0. The van der Waals surface area contributed by atoms with Gasteiger partial charge in [0.05, 0.1) is 11.4 Å². The van der Waals surface area contributed by atoms with E-state index in [4.69, 9.17) is 49.8 Å². The van der Waals surface area contributed by atoms with Gasteiger partial charge in [-0.2, -0.15) is 0 Å². The second kappa shape index (κ2) is 28.5. The Morgan fingerprint density at radius 2 is 0.408 bits per heavy atom.